The van der Waals surface area contributed by atoms with Crippen LogP contribution < -0.4 is 5.73 Å². The van der Waals surface area contributed by atoms with Crippen LogP contribution in [0.5, 0.6) is 0 Å². The van der Waals surface area contributed by atoms with Gasteiger partial charge in [0.05, 0.1) is 0 Å². The van der Waals surface area contributed by atoms with E-state index in [4.69, 9.17) is 5.73 Å². The summed E-state index contributed by atoms with van der Waals surface area (Å²) < 4.78 is 25.6. The van der Waals surface area contributed by atoms with Crippen LogP contribution in [0.3, 0.4) is 0 Å². The first kappa shape index (κ1) is 12.1. The minimum atomic E-state index is -0.827. The first-order chi connectivity index (χ1) is 7.04. The molecule has 0 amide bonds. The lowest BCUT2D eigenvalue weighted by molar-refractivity contribution is 0.456. The predicted octanol–water partition coefficient (Wildman–Crippen LogP) is 3.40. The lowest BCUT2D eigenvalue weighted by Crippen LogP contribution is -2.14. The monoisotopic (exact) mass is 213 g/mol. The summed E-state index contributed by atoms with van der Waals surface area (Å²) in [5.41, 5.74) is 6.56. The molecule has 0 saturated heterocycles. The zero-order valence-electron chi connectivity index (χ0n) is 9.13. The maximum atomic E-state index is 12.9. The molecule has 0 bridgehead atoms. The SMILES string of the molecule is CCC(C)CC(N)c1ccc(F)c(F)c1. The minimum Gasteiger partial charge on any atom is -0.324 e. The van der Waals surface area contributed by atoms with E-state index in [1.54, 1.807) is 6.07 Å². The molecule has 3 heteroatoms. The highest BCUT2D eigenvalue weighted by atomic mass is 19.2. The molecule has 84 valence electrons. The molecule has 1 nitrogen and oxygen atoms in total. The van der Waals surface area contributed by atoms with Crippen molar-refractivity contribution in [2.24, 2.45) is 11.7 Å². The summed E-state index contributed by atoms with van der Waals surface area (Å²) >= 11 is 0. The van der Waals surface area contributed by atoms with Crippen molar-refractivity contribution in [1.82, 2.24) is 0 Å². The average Bonchev–Trinajstić information content (AvgIpc) is 2.21. The van der Waals surface area contributed by atoms with E-state index in [0.29, 0.717) is 11.5 Å². The molecule has 0 aliphatic heterocycles. The fourth-order valence-electron chi connectivity index (χ4n) is 1.48. The molecule has 2 unspecified atom stereocenters. The fourth-order valence-corrected chi connectivity index (χ4v) is 1.48. The third kappa shape index (κ3) is 3.27. The second kappa shape index (κ2) is 5.21. The molecule has 0 spiro atoms. The number of hydrogen-bond donors (Lipinski definition) is 1. The zero-order chi connectivity index (χ0) is 11.4. The van der Waals surface area contributed by atoms with Crippen molar-refractivity contribution in [3.05, 3.63) is 35.4 Å². The molecule has 2 atom stereocenters. The van der Waals surface area contributed by atoms with Crippen molar-refractivity contribution in [1.29, 1.82) is 0 Å². The molecule has 0 aliphatic carbocycles. The van der Waals surface area contributed by atoms with Crippen LogP contribution in [0.25, 0.3) is 0 Å². The Bertz CT molecular complexity index is 325. The van der Waals surface area contributed by atoms with Gasteiger partial charge in [-0.15, -0.1) is 0 Å². The van der Waals surface area contributed by atoms with E-state index < -0.39 is 11.6 Å². The third-order valence-corrected chi connectivity index (χ3v) is 2.73. The first-order valence-corrected chi connectivity index (χ1v) is 5.25. The second-order valence-electron chi connectivity index (χ2n) is 4.03. The molecule has 0 heterocycles. The molecule has 15 heavy (non-hydrogen) atoms. The van der Waals surface area contributed by atoms with Crippen LogP contribution in [-0.2, 0) is 0 Å². The molecule has 0 saturated carbocycles. The van der Waals surface area contributed by atoms with Crippen molar-refractivity contribution in [2.75, 3.05) is 0 Å². The van der Waals surface area contributed by atoms with Crippen LogP contribution in [0.2, 0.25) is 0 Å². The molecule has 0 fully saturated rings. The van der Waals surface area contributed by atoms with Gasteiger partial charge in [-0.2, -0.15) is 0 Å². The van der Waals surface area contributed by atoms with Gasteiger partial charge < -0.3 is 5.73 Å². The number of hydrogen-bond acceptors (Lipinski definition) is 1. The summed E-state index contributed by atoms with van der Waals surface area (Å²) in [6, 6.07) is 3.64. The van der Waals surface area contributed by atoms with Gasteiger partial charge in [-0.05, 0) is 30.0 Å². The van der Waals surface area contributed by atoms with Gasteiger partial charge >= 0.3 is 0 Å². The van der Waals surface area contributed by atoms with Crippen molar-refractivity contribution in [3.63, 3.8) is 0 Å². The zero-order valence-corrected chi connectivity index (χ0v) is 9.13. The molecule has 1 rings (SSSR count). The van der Waals surface area contributed by atoms with Crippen molar-refractivity contribution in [3.8, 4) is 0 Å². The van der Waals surface area contributed by atoms with Gasteiger partial charge in [0.15, 0.2) is 11.6 Å². The smallest absolute Gasteiger partial charge is 0.159 e. The van der Waals surface area contributed by atoms with Crippen molar-refractivity contribution < 1.29 is 8.78 Å². The van der Waals surface area contributed by atoms with Gasteiger partial charge in [0, 0.05) is 6.04 Å². The predicted molar refractivity (Wildman–Crippen MR) is 57.4 cm³/mol. The highest BCUT2D eigenvalue weighted by Gasteiger charge is 2.12. The Morgan fingerprint density at radius 3 is 2.47 bits per heavy atom. The van der Waals surface area contributed by atoms with E-state index in [-0.39, 0.29) is 6.04 Å². The Hall–Kier alpha value is -0.960. The second-order valence-corrected chi connectivity index (χ2v) is 4.03. The van der Waals surface area contributed by atoms with Gasteiger partial charge in [0.25, 0.3) is 0 Å². The summed E-state index contributed by atoms with van der Waals surface area (Å²) in [6.45, 7) is 4.18. The van der Waals surface area contributed by atoms with E-state index in [0.717, 1.165) is 18.9 Å². The fraction of sp³-hybridized carbons (Fsp3) is 0.500. The molecule has 0 aliphatic rings. The Morgan fingerprint density at radius 2 is 1.93 bits per heavy atom. The van der Waals surface area contributed by atoms with Gasteiger partial charge in [-0.25, -0.2) is 8.78 Å². The number of benzene rings is 1. The number of nitrogens with two attached hydrogens (primary N) is 1. The van der Waals surface area contributed by atoms with E-state index >= 15 is 0 Å². The maximum absolute atomic E-state index is 12.9. The standard InChI is InChI=1S/C12H17F2N/c1-3-8(2)6-12(15)9-4-5-10(13)11(14)7-9/h4-5,7-8,12H,3,6,15H2,1-2H3. The van der Waals surface area contributed by atoms with Gasteiger partial charge in [0.2, 0.25) is 0 Å². The lowest BCUT2D eigenvalue weighted by atomic mass is 9.95. The lowest BCUT2D eigenvalue weighted by Gasteiger charge is -2.16. The minimum absolute atomic E-state index is 0.213. The quantitative estimate of drug-likeness (QED) is 0.815. The molecule has 1 aromatic carbocycles. The van der Waals surface area contributed by atoms with E-state index in [9.17, 15) is 8.78 Å². The van der Waals surface area contributed by atoms with E-state index in [1.165, 1.54) is 6.07 Å². The molecule has 0 aromatic heterocycles. The van der Waals surface area contributed by atoms with Crippen molar-refractivity contribution in [2.45, 2.75) is 32.7 Å². The van der Waals surface area contributed by atoms with E-state index in [1.807, 2.05) is 0 Å². The highest BCUT2D eigenvalue weighted by molar-refractivity contribution is 5.20. The Labute approximate surface area is 89.3 Å². The Balaban J connectivity index is 2.73. The summed E-state index contributed by atoms with van der Waals surface area (Å²) in [5, 5.41) is 0. The first-order valence-electron chi connectivity index (χ1n) is 5.25. The topological polar surface area (TPSA) is 26.0 Å². The van der Waals surface area contributed by atoms with Crippen LogP contribution in [0, 0.1) is 17.6 Å². The van der Waals surface area contributed by atoms with Crippen LogP contribution in [0.4, 0.5) is 8.78 Å². The number of halogens is 2. The molecule has 1 aromatic rings. The average molecular weight is 213 g/mol. The molecule has 0 radical (unpaired) electrons. The van der Waals surface area contributed by atoms with Crippen LogP contribution >= 0.6 is 0 Å². The summed E-state index contributed by atoms with van der Waals surface area (Å²) in [4.78, 5) is 0. The molecular formula is C12H17F2N. The maximum Gasteiger partial charge on any atom is 0.159 e. The van der Waals surface area contributed by atoms with E-state index in [2.05, 4.69) is 13.8 Å². The van der Waals surface area contributed by atoms with Crippen LogP contribution in [-0.4, -0.2) is 0 Å². The van der Waals surface area contributed by atoms with Crippen molar-refractivity contribution >= 4 is 0 Å². The normalized spacial score (nSPS) is 15.0. The van der Waals surface area contributed by atoms with Gasteiger partial charge in [-0.1, -0.05) is 26.3 Å². The molecular weight excluding hydrogens is 196 g/mol. The van der Waals surface area contributed by atoms with Crippen LogP contribution in [0.1, 0.15) is 38.3 Å². The summed E-state index contributed by atoms with van der Waals surface area (Å²) in [7, 11) is 0. The number of rotatable bonds is 4. The van der Waals surface area contributed by atoms with Gasteiger partial charge in [0.1, 0.15) is 0 Å². The Kier molecular flexibility index (Phi) is 4.21. The summed E-state index contributed by atoms with van der Waals surface area (Å²) in [6.07, 6.45) is 1.83. The largest absolute Gasteiger partial charge is 0.324 e. The third-order valence-electron chi connectivity index (χ3n) is 2.73. The molecule has 2 N–H and O–H groups in total. The summed E-state index contributed by atoms with van der Waals surface area (Å²) in [5.74, 6) is -1.16. The van der Waals surface area contributed by atoms with Crippen LogP contribution in [0.15, 0.2) is 18.2 Å². The Morgan fingerprint density at radius 1 is 1.27 bits per heavy atom. The van der Waals surface area contributed by atoms with Gasteiger partial charge in [-0.3, -0.25) is 0 Å². The highest BCUT2D eigenvalue weighted by Crippen LogP contribution is 2.22.